The average Bonchev–Trinajstić information content (AvgIpc) is 2.83. The van der Waals surface area contributed by atoms with Gasteiger partial charge in [0.2, 0.25) is 5.88 Å². The molecule has 0 N–H and O–H groups in total. The SMILES string of the molecule is CCOC(=O)C1=C(Cc2ccc(OCCOc3c(Cl)cc(C)cc3Cl)nc2)CCN(C(=O)C(F)(F)F)C1. The number of aromatic nitrogens is 1. The predicted molar refractivity (Wildman–Crippen MR) is 131 cm³/mol. The average molecular weight is 561 g/mol. The number of amides is 1. The Hall–Kier alpha value is -2.98. The first-order chi connectivity index (χ1) is 17.5. The van der Waals surface area contributed by atoms with Crippen LogP contribution in [0.25, 0.3) is 0 Å². The van der Waals surface area contributed by atoms with Crippen molar-refractivity contribution in [2.45, 2.75) is 32.9 Å². The van der Waals surface area contributed by atoms with Gasteiger partial charge in [0.15, 0.2) is 5.75 Å². The molecule has 2 heterocycles. The zero-order chi connectivity index (χ0) is 27.2. The summed E-state index contributed by atoms with van der Waals surface area (Å²) in [6.07, 6.45) is -3.09. The lowest BCUT2D eigenvalue weighted by molar-refractivity contribution is -0.185. The lowest BCUT2D eigenvalue weighted by Crippen LogP contribution is -2.45. The number of hydrogen-bond donors (Lipinski definition) is 0. The fourth-order valence-electron chi connectivity index (χ4n) is 3.74. The van der Waals surface area contributed by atoms with Gasteiger partial charge in [-0.15, -0.1) is 0 Å². The van der Waals surface area contributed by atoms with E-state index in [0.717, 1.165) is 5.56 Å². The lowest BCUT2D eigenvalue weighted by Gasteiger charge is -2.30. The summed E-state index contributed by atoms with van der Waals surface area (Å²) in [5, 5.41) is 0.801. The zero-order valence-corrected chi connectivity index (χ0v) is 21.7. The second-order valence-corrected chi connectivity index (χ2v) is 9.03. The maximum absolute atomic E-state index is 12.9. The van der Waals surface area contributed by atoms with E-state index < -0.39 is 24.6 Å². The summed E-state index contributed by atoms with van der Waals surface area (Å²) < 4.78 is 54.8. The molecule has 37 heavy (non-hydrogen) atoms. The molecule has 1 aromatic heterocycles. The van der Waals surface area contributed by atoms with Crippen molar-refractivity contribution in [2.75, 3.05) is 32.9 Å². The molecule has 12 heteroatoms. The molecule has 0 atom stereocenters. The van der Waals surface area contributed by atoms with Gasteiger partial charge in [0.1, 0.15) is 13.2 Å². The molecule has 0 saturated carbocycles. The number of pyridine rings is 1. The van der Waals surface area contributed by atoms with Gasteiger partial charge in [-0.05, 0) is 49.9 Å². The van der Waals surface area contributed by atoms with Gasteiger partial charge < -0.3 is 19.1 Å². The highest BCUT2D eigenvalue weighted by molar-refractivity contribution is 6.37. The summed E-state index contributed by atoms with van der Waals surface area (Å²) in [5.74, 6) is -2.01. The summed E-state index contributed by atoms with van der Waals surface area (Å²) in [5.41, 5.74) is 2.28. The molecule has 1 aliphatic rings. The Morgan fingerprint density at radius 3 is 2.38 bits per heavy atom. The lowest BCUT2D eigenvalue weighted by atomic mass is 9.94. The number of benzene rings is 1. The van der Waals surface area contributed by atoms with Crippen LogP contribution >= 0.6 is 23.2 Å². The van der Waals surface area contributed by atoms with E-state index in [1.54, 1.807) is 37.4 Å². The zero-order valence-electron chi connectivity index (χ0n) is 20.2. The Kier molecular flexibility index (Phi) is 9.67. The number of nitrogens with zero attached hydrogens (tertiary/aromatic N) is 2. The summed E-state index contributed by atoms with van der Waals surface area (Å²) in [6.45, 7) is 3.25. The second kappa shape index (κ2) is 12.5. The minimum absolute atomic E-state index is 0.0524. The van der Waals surface area contributed by atoms with Crippen LogP contribution in [0.4, 0.5) is 13.2 Å². The third-order valence-corrected chi connectivity index (χ3v) is 6.01. The molecule has 0 radical (unpaired) electrons. The van der Waals surface area contributed by atoms with E-state index in [0.29, 0.717) is 37.7 Å². The number of carbonyl (C=O) groups is 2. The molecule has 3 rings (SSSR count). The molecule has 1 aliphatic heterocycles. The van der Waals surface area contributed by atoms with Gasteiger partial charge in [-0.1, -0.05) is 34.8 Å². The van der Waals surface area contributed by atoms with Gasteiger partial charge >= 0.3 is 18.1 Å². The van der Waals surface area contributed by atoms with E-state index in [1.165, 1.54) is 0 Å². The van der Waals surface area contributed by atoms with Crippen LogP contribution < -0.4 is 9.47 Å². The molecule has 0 bridgehead atoms. The molecule has 1 aromatic carbocycles. The fourth-order valence-corrected chi connectivity index (χ4v) is 4.44. The van der Waals surface area contributed by atoms with E-state index in [9.17, 15) is 22.8 Å². The summed E-state index contributed by atoms with van der Waals surface area (Å²) >= 11 is 12.3. The summed E-state index contributed by atoms with van der Waals surface area (Å²) in [6, 6.07) is 6.85. The van der Waals surface area contributed by atoms with Crippen LogP contribution in [0.2, 0.25) is 10.0 Å². The largest absolute Gasteiger partial charge is 0.487 e. The monoisotopic (exact) mass is 560 g/mol. The first-order valence-electron chi connectivity index (χ1n) is 11.4. The van der Waals surface area contributed by atoms with Crippen LogP contribution in [0.3, 0.4) is 0 Å². The topological polar surface area (TPSA) is 78.0 Å². The van der Waals surface area contributed by atoms with Crippen molar-refractivity contribution in [3.05, 3.63) is 62.8 Å². The number of aryl methyl sites for hydroxylation is 1. The maximum atomic E-state index is 12.9. The van der Waals surface area contributed by atoms with Gasteiger partial charge in [-0.25, -0.2) is 9.78 Å². The van der Waals surface area contributed by atoms with Crippen molar-refractivity contribution in [3.8, 4) is 11.6 Å². The van der Waals surface area contributed by atoms with Gasteiger partial charge in [-0.3, -0.25) is 4.79 Å². The number of hydrogen-bond acceptors (Lipinski definition) is 6. The molecule has 0 aliphatic carbocycles. The van der Waals surface area contributed by atoms with Crippen LogP contribution in [-0.2, 0) is 20.7 Å². The van der Waals surface area contributed by atoms with Crippen LogP contribution in [0.15, 0.2) is 41.6 Å². The number of carbonyl (C=O) groups excluding carboxylic acids is 2. The summed E-state index contributed by atoms with van der Waals surface area (Å²) in [4.78, 5) is 28.9. The quantitative estimate of drug-likeness (QED) is 0.304. The number of esters is 1. The molecule has 0 unspecified atom stereocenters. The van der Waals surface area contributed by atoms with Crippen molar-refractivity contribution in [3.63, 3.8) is 0 Å². The van der Waals surface area contributed by atoms with Crippen molar-refractivity contribution in [1.29, 1.82) is 0 Å². The fraction of sp³-hybridized carbons (Fsp3) is 0.400. The Morgan fingerprint density at radius 2 is 1.78 bits per heavy atom. The van der Waals surface area contributed by atoms with Crippen LogP contribution in [0.5, 0.6) is 11.6 Å². The Morgan fingerprint density at radius 1 is 1.11 bits per heavy atom. The summed E-state index contributed by atoms with van der Waals surface area (Å²) in [7, 11) is 0. The number of halogens is 5. The maximum Gasteiger partial charge on any atom is 0.471 e. The van der Waals surface area contributed by atoms with Crippen LogP contribution in [0, 0.1) is 6.92 Å². The number of ether oxygens (including phenoxy) is 3. The van der Waals surface area contributed by atoms with E-state index in [2.05, 4.69) is 4.98 Å². The molecule has 7 nitrogen and oxygen atoms in total. The van der Waals surface area contributed by atoms with Crippen molar-refractivity contribution < 1.29 is 37.0 Å². The van der Waals surface area contributed by atoms with Gasteiger partial charge in [-0.2, -0.15) is 13.2 Å². The highest BCUT2D eigenvalue weighted by Gasteiger charge is 2.44. The molecular weight excluding hydrogens is 536 g/mol. The van der Waals surface area contributed by atoms with Crippen molar-refractivity contribution in [1.82, 2.24) is 9.88 Å². The molecule has 200 valence electrons. The molecule has 2 aromatic rings. The minimum Gasteiger partial charge on any atom is -0.487 e. The second-order valence-electron chi connectivity index (χ2n) is 8.21. The third kappa shape index (κ3) is 7.75. The molecule has 0 fully saturated rings. The van der Waals surface area contributed by atoms with Gasteiger partial charge in [0.05, 0.1) is 28.8 Å². The normalized spacial score (nSPS) is 14.0. The van der Waals surface area contributed by atoms with E-state index in [4.69, 9.17) is 37.4 Å². The van der Waals surface area contributed by atoms with Crippen molar-refractivity contribution >= 4 is 35.1 Å². The van der Waals surface area contributed by atoms with E-state index >= 15 is 0 Å². The standard InChI is InChI=1S/C25H25Cl2F3N2O5/c1-3-35-23(33)18-14-32(24(34)25(28,29)30)7-6-17(18)12-16-4-5-21(31-13-16)36-8-9-37-22-19(26)10-15(2)11-20(22)27/h4-5,10-11,13H,3,6-9,12,14H2,1-2H3. The van der Waals surface area contributed by atoms with Gasteiger partial charge in [0, 0.05) is 18.8 Å². The predicted octanol–water partition coefficient (Wildman–Crippen LogP) is 5.35. The molecule has 0 saturated heterocycles. The third-order valence-electron chi connectivity index (χ3n) is 5.45. The highest BCUT2D eigenvalue weighted by atomic mass is 35.5. The van der Waals surface area contributed by atoms with Crippen LogP contribution in [0.1, 0.15) is 24.5 Å². The first kappa shape index (κ1) is 28.6. The first-order valence-corrected chi connectivity index (χ1v) is 12.2. The smallest absolute Gasteiger partial charge is 0.471 e. The number of rotatable bonds is 9. The van der Waals surface area contributed by atoms with Gasteiger partial charge in [0.25, 0.3) is 0 Å². The minimum atomic E-state index is -5.01. The van der Waals surface area contributed by atoms with E-state index in [-0.39, 0.29) is 44.8 Å². The van der Waals surface area contributed by atoms with Crippen LogP contribution in [-0.4, -0.2) is 60.8 Å². The Labute approximate surface area is 222 Å². The highest BCUT2D eigenvalue weighted by Crippen LogP contribution is 2.34. The van der Waals surface area contributed by atoms with Crippen molar-refractivity contribution in [2.24, 2.45) is 0 Å². The molecule has 0 spiro atoms. The van der Waals surface area contributed by atoms with E-state index in [1.807, 2.05) is 6.92 Å². The Balaban J connectivity index is 1.61. The number of alkyl halides is 3. The molecule has 1 amide bonds. The Bertz CT molecular complexity index is 1150. The molecular formula is C25H25Cl2F3N2O5.